The summed E-state index contributed by atoms with van der Waals surface area (Å²) in [6.07, 6.45) is 3.21. The van der Waals surface area contributed by atoms with Crippen molar-refractivity contribution in [3.63, 3.8) is 0 Å². The number of pyridine rings is 1. The van der Waals surface area contributed by atoms with Gasteiger partial charge in [0.25, 0.3) is 5.91 Å². The van der Waals surface area contributed by atoms with Crippen molar-refractivity contribution < 1.29 is 9.53 Å². The van der Waals surface area contributed by atoms with E-state index in [0.717, 1.165) is 28.1 Å². The zero-order chi connectivity index (χ0) is 20.3. The molecule has 4 aromatic rings. The maximum absolute atomic E-state index is 12.7. The monoisotopic (exact) mass is 393 g/mol. The molecule has 1 amide bonds. The first kappa shape index (κ1) is 17.9. The standard InChI is InChI=1S/C25H19N3O2/c29-24(19-10-8-18(9-11-19)17-5-2-1-3-6-17)27-21-12-13-23-22(15-21)28-25(30-23)20-7-4-14-26-16-20/h1-16,25,28H,(H,27,29). The van der Waals surface area contributed by atoms with E-state index in [4.69, 9.17) is 4.74 Å². The van der Waals surface area contributed by atoms with Crippen LogP contribution in [0.1, 0.15) is 22.1 Å². The summed E-state index contributed by atoms with van der Waals surface area (Å²) in [6, 6.07) is 27.1. The summed E-state index contributed by atoms with van der Waals surface area (Å²) in [5.74, 6) is 0.589. The maximum Gasteiger partial charge on any atom is 0.255 e. The molecule has 0 fully saturated rings. The molecule has 1 unspecified atom stereocenters. The predicted octanol–water partition coefficient (Wildman–Crippen LogP) is 5.50. The highest BCUT2D eigenvalue weighted by Crippen LogP contribution is 2.39. The molecule has 2 heterocycles. The molecule has 0 saturated heterocycles. The number of hydrogen-bond donors (Lipinski definition) is 2. The SMILES string of the molecule is O=C(Nc1ccc2c(c1)NC(c1cccnc1)O2)c1ccc(-c2ccccc2)cc1. The molecule has 5 nitrogen and oxygen atoms in total. The van der Waals surface area contributed by atoms with E-state index in [9.17, 15) is 4.79 Å². The molecule has 0 spiro atoms. The maximum atomic E-state index is 12.7. The third-order valence-electron chi connectivity index (χ3n) is 5.01. The van der Waals surface area contributed by atoms with Crippen molar-refractivity contribution in [1.29, 1.82) is 0 Å². The van der Waals surface area contributed by atoms with Gasteiger partial charge in [-0.15, -0.1) is 0 Å². The molecule has 1 atom stereocenters. The number of amides is 1. The average Bonchev–Trinajstić information content (AvgIpc) is 3.24. The van der Waals surface area contributed by atoms with Gasteiger partial charge in [-0.05, 0) is 47.5 Å². The van der Waals surface area contributed by atoms with Gasteiger partial charge in [-0.3, -0.25) is 9.78 Å². The Hall–Kier alpha value is -4.12. The van der Waals surface area contributed by atoms with Gasteiger partial charge in [-0.25, -0.2) is 0 Å². The Bertz CT molecular complexity index is 1180. The number of fused-ring (bicyclic) bond motifs is 1. The van der Waals surface area contributed by atoms with Gasteiger partial charge in [0.15, 0.2) is 6.23 Å². The van der Waals surface area contributed by atoms with Crippen LogP contribution in [0.25, 0.3) is 11.1 Å². The van der Waals surface area contributed by atoms with Gasteiger partial charge >= 0.3 is 0 Å². The highest BCUT2D eigenvalue weighted by molar-refractivity contribution is 6.04. The molecule has 3 aromatic carbocycles. The summed E-state index contributed by atoms with van der Waals surface area (Å²) in [5.41, 5.74) is 5.28. The fourth-order valence-electron chi connectivity index (χ4n) is 3.45. The first-order chi connectivity index (χ1) is 14.8. The van der Waals surface area contributed by atoms with E-state index in [1.54, 1.807) is 12.4 Å². The number of rotatable bonds is 4. The molecule has 5 heteroatoms. The Morgan fingerprint density at radius 3 is 2.47 bits per heavy atom. The first-order valence-electron chi connectivity index (χ1n) is 9.70. The summed E-state index contributed by atoms with van der Waals surface area (Å²) < 4.78 is 5.93. The number of hydrogen-bond acceptors (Lipinski definition) is 4. The van der Waals surface area contributed by atoms with Gasteiger partial charge in [0.1, 0.15) is 5.75 Å². The van der Waals surface area contributed by atoms with Crippen LogP contribution in [0.3, 0.4) is 0 Å². The van der Waals surface area contributed by atoms with Crippen LogP contribution in [-0.4, -0.2) is 10.9 Å². The van der Waals surface area contributed by atoms with Crippen LogP contribution >= 0.6 is 0 Å². The molecule has 1 aliphatic heterocycles. The quantitative estimate of drug-likeness (QED) is 0.480. The minimum atomic E-state index is -0.287. The van der Waals surface area contributed by atoms with Crippen molar-refractivity contribution >= 4 is 17.3 Å². The van der Waals surface area contributed by atoms with Crippen LogP contribution in [0.2, 0.25) is 0 Å². The molecule has 0 saturated carbocycles. The number of nitrogens with one attached hydrogen (secondary N) is 2. The van der Waals surface area contributed by atoms with Gasteiger partial charge in [-0.1, -0.05) is 48.5 Å². The Balaban J connectivity index is 1.29. The van der Waals surface area contributed by atoms with Crippen LogP contribution in [0.5, 0.6) is 5.75 Å². The normalized spacial score (nSPS) is 14.3. The summed E-state index contributed by atoms with van der Waals surface area (Å²) in [6.45, 7) is 0. The minimum absolute atomic E-state index is 0.155. The summed E-state index contributed by atoms with van der Waals surface area (Å²) in [7, 11) is 0. The van der Waals surface area contributed by atoms with Crippen LogP contribution in [0, 0.1) is 0 Å². The van der Waals surface area contributed by atoms with Crippen molar-refractivity contribution in [3.8, 4) is 16.9 Å². The van der Waals surface area contributed by atoms with Gasteiger partial charge in [0, 0.05) is 29.2 Å². The van der Waals surface area contributed by atoms with E-state index < -0.39 is 0 Å². The molecule has 30 heavy (non-hydrogen) atoms. The lowest BCUT2D eigenvalue weighted by atomic mass is 10.0. The number of aromatic nitrogens is 1. The van der Waals surface area contributed by atoms with Crippen molar-refractivity contribution in [2.45, 2.75) is 6.23 Å². The molecule has 0 radical (unpaired) electrons. The Morgan fingerprint density at radius 2 is 1.70 bits per heavy atom. The van der Waals surface area contributed by atoms with E-state index in [-0.39, 0.29) is 12.1 Å². The fourth-order valence-corrected chi connectivity index (χ4v) is 3.45. The largest absolute Gasteiger partial charge is 0.464 e. The van der Waals surface area contributed by atoms with Crippen molar-refractivity contribution in [3.05, 3.63) is 108 Å². The summed E-state index contributed by atoms with van der Waals surface area (Å²) in [5, 5.41) is 6.27. The second-order valence-corrected chi connectivity index (χ2v) is 7.04. The fraction of sp³-hybridized carbons (Fsp3) is 0.0400. The molecule has 1 aliphatic rings. The second kappa shape index (κ2) is 7.72. The predicted molar refractivity (Wildman–Crippen MR) is 118 cm³/mol. The third kappa shape index (κ3) is 3.61. The summed E-state index contributed by atoms with van der Waals surface area (Å²) >= 11 is 0. The number of ether oxygens (including phenoxy) is 1. The van der Waals surface area contributed by atoms with E-state index in [1.165, 1.54) is 0 Å². The van der Waals surface area contributed by atoms with E-state index >= 15 is 0 Å². The molecule has 5 rings (SSSR count). The van der Waals surface area contributed by atoms with Gasteiger partial charge in [0.05, 0.1) is 5.69 Å². The number of carbonyl (C=O) groups excluding carboxylic acids is 1. The lowest BCUT2D eigenvalue weighted by Crippen LogP contribution is -2.12. The molecule has 2 N–H and O–H groups in total. The zero-order valence-electron chi connectivity index (χ0n) is 16.1. The number of benzene rings is 3. The number of carbonyl (C=O) groups is 1. The van der Waals surface area contributed by atoms with Crippen LogP contribution < -0.4 is 15.4 Å². The van der Waals surface area contributed by atoms with Gasteiger partial charge in [0.2, 0.25) is 0 Å². The van der Waals surface area contributed by atoms with Crippen LogP contribution in [0.4, 0.5) is 11.4 Å². The zero-order valence-corrected chi connectivity index (χ0v) is 16.1. The van der Waals surface area contributed by atoms with Crippen molar-refractivity contribution in [2.24, 2.45) is 0 Å². The van der Waals surface area contributed by atoms with Crippen LogP contribution in [-0.2, 0) is 0 Å². The summed E-state index contributed by atoms with van der Waals surface area (Å²) in [4.78, 5) is 16.8. The molecule has 0 bridgehead atoms. The molecular formula is C25H19N3O2. The smallest absolute Gasteiger partial charge is 0.255 e. The van der Waals surface area contributed by atoms with Crippen molar-refractivity contribution in [2.75, 3.05) is 10.6 Å². The lowest BCUT2D eigenvalue weighted by molar-refractivity contribution is 0.102. The van der Waals surface area contributed by atoms with E-state index in [2.05, 4.69) is 15.6 Å². The highest BCUT2D eigenvalue weighted by atomic mass is 16.5. The lowest BCUT2D eigenvalue weighted by Gasteiger charge is -2.10. The van der Waals surface area contributed by atoms with E-state index in [1.807, 2.05) is 84.9 Å². The number of nitrogens with zero attached hydrogens (tertiary/aromatic N) is 1. The molecule has 146 valence electrons. The van der Waals surface area contributed by atoms with Crippen LogP contribution in [0.15, 0.2) is 97.3 Å². The third-order valence-corrected chi connectivity index (χ3v) is 5.01. The Labute approximate surface area is 174 Å². The second-order valence-electron chi connectivity index (χ2n) is 7.04. The Kier molecular flexibility index (Phi) is 4.62. The molecular weight excluding hydrogens is 374 g/mol. The first-order valence-corrected chi connectivity index (χ1v) is 9.70. The minimum Gasteiger partial charge on any atom is -0.464 e. The molecule has 0 aliphatic carbocycles. The van der Waals surface area contributed by atoms with E-state index in [0.29, 0.717) is 11.3 Å². The highest BCUT2D eigenvalue weighted by Gasteiger charge is 2.23. The topological polar surface area (TPSA) is 63.2 Å². The van der Waals surface area contributed by atoms with Gasteiger partial charge in [-0.2, -0.15) is 0 Å². The van der Waals surface area contributed by atoms with Crippen molar-refractivity contribution in [1.82, 2.24) is 4.98 Å². The van der Waals surface area contributed by atoms with Gasteiger partial charge < -0.3 is 15.4 Å². The number of anilines is 2. The molecule has 1 aromatic heterocycles. The average molecular weight is 393 g/mol. The Morgan fingerprint density at radius 1 is 0.900 bits per heavy atom.